The lowest BCUT2D eigenvalue weighted by molar-refractivity contribution is 0.00111. The molecule has 22 heavy (non-hydrogen) atoms. The van der Waals surface area contributed by atoms with Gasteiger partial charge in [-0.3, -0.25) is 4.98 Å². The standard InChI is InChI=1S/C16H16Br2N2O2/c1-16(2,3)22-20-14(15-12(18)5-4-8-19-15)11-9-10(17)6-7-13(11)21/h4-9,21H,1-3H3/b20-14+. The van der Waals surface area contributed by atoms with Gasteiger partial charge < -0.3 is 9.94 Å². The van der Waals surface area contributed by atoms with Crippen LogP contribution in [0.3, 0.4) is 0 Å². The quantitative estimate of drug-likeness (QED) is 0.560. The van der Waals surface area contributed by atoms with Crippen molar-refractivity contribution in [2.75, 3.05) is 0 Å². The first kappa shape index (κ1) is 17.0. The maximum absolute atomic E-state index is 10.2. The molecule has 1 N–H and O–H groups in total. The van der Waals surface area contributed by atoms with Gasteiger partial charge in [0.05, 0.1) is 0 Å². The van der Waals surface area contributed by atoms with Crippen LogP contribution in [0.4, 0.5) is 0 Å². The Bertz CT molecular complexity index is 710. The van der Waals surface area contributed by atoms with Gasteiger partial charge in [0.2, 0.25) is 0 Å². The summed E-state index contributed by atoms with van der Waals surface area (Å²) >= 11 is 6.87. The van der Waals surface area contributed by atoms with Crippen molar-refractivity contribution >= 4 is 37.6 Å². The molecule has 0 fully saturated rings. The molecule has 2 aromatic rings. The van der Waals surface area contributed by atoms with Crippen molar-refractivity contribution in [2.24, 2.45) is 5.16 Å². The molecule has 0 aliphatic carbocycles. The summed E-state index contributed by atoms with van der Waals surface area (Å²) in [6.45, 7) is 5.72. The molecule has 2 rings (SSSR count). The van der Waals surface area contributed by atoms with Gasteiger partial charge in [0.15, 0.2) is 0 Å². The van der Waals surface area contributed by atoms with E-state index >= 15 is 0 Å². The van der Waals surface area contributed by atoms with E-state index in [4.69, 9.17) is 4.84 Å². The molecule has 0 atom stereocenters. The first-order valence-electron chi connectivity index (χ1n) is 6.64. The largest absolute Gasteiger partial charge is 0.507 e. The van der Waals surface area contributed by atoms with Gasteiger partial charge in [0.25, 0.3) is 0 Å². The monoisotopic (exact) mass is 426 g/mol. The minimum absolute atomic E-state index is 0.108. The molecule has 0 aliphatic heterocycles. The van der Waals surface area contributed by atoms with Crippen molar-refractivity contribution < 1.29 is 9.94 Å². The Balaban J connectivity index is 2.61. The molecule has 6 heteroatoms. The van der Waals surface area contributed by atoms with Gasteiger partial charge >= 0.3 is 0 Å². The number of nitrogens with zero attached hydrogens (tertiary/aromatic N) is 2. The molecule has 0 aliphatic rings. The van der Waals surface area contributed by atoms with Gasteiger partial charge in [-0.15, -0.1) is 0 Å². The summed E-state index contributed by atoms with van der Waals surface area (Å²) in [7, 11) is 0. The highest BCUT2D eigenvalue weighted by Gasteiger charge is 2.19. The molecule has 4 nitrogen and oxygen atoms in total. The number of aromatic nitrogens is 1. The molecule has 0 bridgehead atoms. The van der Waals surface area contributed by atoms with Crippen LogP contribution in [-0.2, 0) is 4.84 Å². The number of hydrogen-bond acceptors (Lipinski definition) is 4. The molecule has 1 aromatic heterocycles. The fraction of sp³-hybridized carbons (Fsp3) is 0.250. The van der Waals surface area contributed by atoms with E-state index in [0.29, 0.717) is 17.0 Å². The summed E-state index contributed by atoms with van der Waals surface area (Å²) in [4.78, 5) is 9.89. The number of pyridine rings is 1. The number of phenols is 1. The Morgan fingerprint density at radius 1 is 1.23 bits per heavy atom. The number of phenolic OH excluding ortho intramolecular Hbond substituents is 1. The molecule has 0 saturated heterocycles. The first-order valence-corrected chi connectivity index (χ1v) is 8.22. The summed E-state index contributed by atoms with van der Waals surface area (Å²) < 4.78 is 1.60. The lowest BCUT2D eigenvalue weighted by Gasteiger charge is -2.17. The first-order chi connectivity index (χ1) is 10.3. The second kappa shape index (κ2) is 6.79. The summed E-state index contributed by atoms with van der Waals surface area (Å²) in [6, 6.07) is 8.82. The molecular formula is C16H16Br2N2O2. The fourth-order valence-electron chi connectivity index (χ4n) is 1.66. The van der Waals surface area contributed by atoms with Crippen molar-refractivity contribution in [3.63, 3.8) is 0 Å². The van der Waals surface area contributed by atoms with Crippen molar-refractivity contribution in [1.29, 1.82) is 0 Å². The van der Waals surface area contributed by atoms with E-state index in [-0.39, 0.29) is 5.75 Å². The molecule has 0 amide bonds. The van der Waals surface area contributed by atoms with Gasteiger partial charge in [-0.2, -0.15) is 0 Å². The van der Waals surface area contributed by atoms with Crippen LogP contribution < -0.4 is 0 Å². The number of rotatable bonds is 3. The number of halogens is 2. The smallest absolute Gasteiger partial charge is 0.140 e. The number of hydrogen-bond donors (Lipinski definition) is 1. The zero-order valence-corrected chi connectivity index (χ0v) is 15.6. The second-order valence-electron chi connectivity index (χ2n) is 5.64. The third-order valence-electron chi connectivity index (χ3n) is 2.61. The van der Waals surface area contributed by atoms with Crippen LogP contribution in [0.25, 0.3) is 0 Å². The Kier molecular flexibility index (Phi) is 5.24. The van der Waals surface area contributed by atoms with E-state index < -0.39 is 5.60 Å². The average molecular weight is 428 g/mol. The van der Waals surface area contributed by atoms with E-state index in [1.807, 2.05) is 32.9 Å². The van der Waals surface area contributed by atoms with Crippen LogP contribution in [0, 0.1) is 0 Å². The van der Waals surface area contributed by atoms with E-state index in [1.165, 1.54) is 0 Å². The summed E-state index contributed by atoms with van der Waals surface area (Å²) in [5, 5.41) is 14.4. The predicted molar refractivity (Wildman–Crippen MR) is 94.2 cm³/mol. The van der Waals surface area contributed by atoms with Gasteiger partial charge in [0, 0.05) is 20.7 Å². The van der Waals surface area contributed by atoms with Crippen LogP contribution in [-0.4, -0.2) is 21.4 Å². The summed E-state index contributed by atoms with van der Waals surface area (Å²) in [5.74, 6) is 0.108. The van der Waals surface area contributed by atoms with Crippen LogP contribution >= 0.6 is 31.9 Å². The molecule has 0 spiro atoms. The van der Waals surface area contributed by atoms with Crippen molar-refractivity contribution in [3.8, 4) is 5.75 Å². The zero-order valence-electron chi connectivity index (χ0n) is 12.5. The topological polar surface area (TPSA) is 54.7 Å². The number of oxime groups is 1. The lowest BCUT2D eigenvalue weighted by Crippen LogP contribution is -2.18. The van der Waals surface area contributed by atoms with Crippen LogP contribution in [0.5, 0.6) is 5.75 Å². The highest BCUT2D eigenvalue weighted by atomic mass is 79.9. The van der Waals surface area contributed by atoms with Gasteiger partial charge in [0.1, 0.15) is 22.8 Å². The molecule has 0 unspecified atom stereocenters. The van der Waals surface area contributed by atoms with Gasteiger partial charge in [-0.25, -0.2) is 0 Å². The van der Waals surface area contributed by atoms with E-state index in [0.717, 1.165) is 8.95 Å². The zero-order chi connectivity index (χ0) is 16.3. The Hall–Kier alpha value is -1.40. The maximum atomic E-state index is 10.2. The Morgan fingerprint density at radius 2 is 1.95 bits per heavy atom. The third kappa shape index (κ3) is 4.30. The van der Waals surface area contributed by atoms with Crippen LogP contribution in [0.2, 0.25) is 0 Å². The molecule has 116 valence electrons. The fourth-order valence-corrected chi connectivity index (χ4v) is 2.46. The van der Waals surface area contributed by atoms with Crippen molar-refractivity contribution in [2.45, 2.75) is 26.4 Å². The van der Waals surface area contributed by atoms with Gasteiger partial charge in [-0.05, 0) is 67.0 Å². The molecule has 1 heterocycles. The summed E-state index contributed by atoms with van der Waals surface area (Å²) in [6.07, 6.45) is 1.67. The molecule has 0 radical (unpaired) electrons. The summed E-state index contributed by atoms with van der Waals surface area (Å²) in [5.41, 5.74) is 1.15. The SMILES string of the molecule is CC(C)(C)O/N=C(\c1cc(Br)ccc1O)c1ncccc1Br. The second-order valence-corrected chi connectivity index (χ2v) is 7.41. The lowest BCUT2D eigenvalue weighted by atomic mass is 10.1. The van der Waals surface area contributed by atoms with Crippen molar-refractivity contribution in [1.82, 2.24) is 4.98 Å². The number of benzene rings is 1. The maximum Gasteiger partial charge on any atom is 0.140 e. The Morgan fingerprint density at radius 3 is 2.59 bits per heavy atom. The number of aromatic hydroxyl groups is 1. The van der Waals surface area contributed by atoms with E-state index in [9.17, 15) is 5.11 Å². The van der Waals surface area contributed by atoms with E-state index in [2.05, 4.69) is 42.0 Å². The highest BCUT2D eigenvalue weighted by molar-refractivity contribution is 9.10. The van der Waals surface area contributed by atoms with Crippen molar-refractivity contribution in [3.05, 3.63) is 56.7 Å². The van der Waals surface area contributed by atoms with Gasteiger partial charge in [-0.1, -0.05) is 21.1 Å². The molecule has 1 aromatic carbocycles. The van der Waals surface area contributed by atoms with E-state index in [1.54, 1.807) is 24.4 Å². The average Bonchev–Trinajstić information content (AvgIpc) is 2.43. The predicted octanol–water partition coefficient (Wildman–Crippen LogP) is 4.88. The van der Waals surface area contributed by atoms with Crippen LogP contribution in [0.15, 0.2) is 50.6 Å². The molecular weight excluding hydrogens is 412 g/mol. The molecule has 0 saturated carbocycles. The van der Waals surface area contributed by atoms with Crippen LogP contribution in [0.1, 0.15) is 32.0 Å². The minimum Gasteiger partial charge on any atom is -0.507 e. The highest BCUT2D eigenvalue weighted by Crippen LogP contribution is 2.27. The normalized spacial score (nSPS) is 12.3. The third-order valence-corrected chi connectivity index (χ3v) is 3.74. The Labute approximate surface area is 146 Å². The minimum atomic E-state index is -0.450.